The summed E-state index contributed by atoms with van der Waals surface area (Å²) < 4.78 is 5.28. The van der Waals surface area contributed by atoms with Crippen LogP contribution in [0.15, 0.2) is 66.7 Å². The number of hydrogen-bond acceptors (Lipinski definition) is 4. The highest BCUT2D eigenvalue weighted by Crippen LogP contribution is 2.18. The number of rotatable bonds is 6. The Morgan fingerprint density at radius 1 is 1.00 bits per heavy atom. The molecule has 26 heavy (non-hydrogen) atoms. The Balaban J connectivity index is 2.11. The van der Waals surface area contributed by atoms with Gasteiger partial charge in [0, 0.05) is 18.2 Å². The largest absolute Gasteiger partial charge is 0.444 e. The van der Waals surface area contributed by atoms with E-state index in [2.05, 4.69) is 10.6 Å². The molecule has 0 fully saturated rings. The van der Waals surface area contributed by atoms with E-state index in [-0.39, 0.29) is 0 Å². The second-order valence-electron chi connectivity index (χ2n) is 5.32. The molecule has 2 aromatic carbocycles. The van der Waals surface area contributed by atoms with Crippen molar-refractivity contribution < 1.29 is 19.1 Å². The first-order chi connectivity index (χ1) is 12.6. The number of amides is 3. The molecule has 3 amide bonds. The lowest BCUT2D eigenvalue weighted by Crippen LogP contribution is -2.42. The monoisotopic (exact) mass is 352 g/mol. The van der Waals surface area contributed by atoms with Gasteiger partial charge in [0.15, 0.2) is 0 Å². The maximum absolute atomic E-state index is 12.4. The molecule has 1 atom stereocenters. The van der Waals surface area contributed by atoms with Gasteiger partial charge < -0.3 is 10.1 Å². The first kappa shape index (κ1) is 18.9. The van der Waals surface area contributed by atoms with Crippen LogP contribution in [0.3, 0.4) is 0 Å². The number of nitrogens with one attached hydrogen (secondary N) is 2. The fourth-order valence-corrected chi connectivity index (χ4v) is 2.17. The third-order valence-corrected chi connectivity index (χ3v) is 3.36. The zero-order valence-electron chi connectivity index (χ0n) is 14.3. The number of urea groups is 1. The molecule has 134 valence electrons. The number of imide groups is 1. The Labute approximate surface area is 151 Å². The molecular formula is C20H20N2O4. The van der Waals surface area contributed by atoms with Crippen molar-refractivity contribution in [3.05, 3.63) is 77.9 Å². The summed E-state index contributed by atoms with van der Waals surface area (Å²) in [6.07, 6.45) is 1.60. The van der Waals surface area contributed by atoms with E-state index >= 15 is 0 Å². The molecule has 0 saturated carbocycles. The Hall–Kier alpha value is -3.41. The summed E-state index contributed by atoms with van der Waals surface area (Å²) in [4.78, 5) is 36.1. The highest BCUT2D eigenvalue weighted by molar-refractivity contribution is 5.98. The molecule has 0 aliphatic carbocycles. The van der Waals surface area contributed by atoms with E-state index in [0.717, 1.165) is 5.56 Å². The van der Waals surface area contributed by atoms with Crippen LogP contribution in [0.4, 0.5) is 4.79 Å². The van der Waals surface area contributed by atoms with E-state index in [1.165, 1.54) is 6.08 Å². The van der Waals surface area contributed by atoms with Crippen molar-refractivity contribution in [3.63, 3.8) is 0 Å². The van der Waals surface area contributed by atoms with Gasteiger partial charge in [-0.05, 0) is 18.6 Å². The Morgan fingerprint density at radius 3 is 2.23 bits per heavy atom. The van der Waals surface area contributed by atoms with Crippen LogP contribution in [0.2, 0.25) is 0 Å². The predicted octanol–water partition coefficient (Wildman–Crippen LogP) is 2.83. The van der Waals surface area contributed by atoms with Crippen molar-refractivity contribution in [3.8, 4) is 0 Å². The molecule has 0 radical (unpaired) electrons. The first-order valence-corrected chi connectivity index (χ1v) is 8.17. The van der Waals surface area contributed by atoms with Crippen LogP contribution in [-0.2, 0) is 14.3 Å². The summed E-state index contributed by atoms with van der Waals surface area (Å²) in [6.45, 7) is 2.10. The molecule has 0 aliphatic heterocycles. The molecule has 1 unspecified atom stereocenters. The van der Waals surface area contributed by atoms with E-state index in [4.69, 9.17) is 4.74 Å². The summed E-state index contributed by atoms with van der Waals surface area (Å²) in [5.41, 5.74) is 1.29. The number of benzene rings is 2. The van der Waals surface area contributed by atoms with Crippen LogP contribution in [0.1, 0.15) is 24.2 Å². The van der Waals surface area contributed by atoms with E-state index in [0.29, 0.717) is 12.1 Å². The minimum absolute atomic E-state index is 0.370. The van der Waals surface area contributed by atoms with E-state index in [1.54, 1.807) is 43.3 Å². The van der Waals surface area contributed by atoms with Crippen LogP contribution in [0.5, 0.6) is 0 Å². The molecule has 6 nitrogen and oxygen atoms in total. The van der Waals surface area contributed by atoms with Gasteiger partial charge >= 0.3 is 12.0 Å². The van der Waals surface area contributed by atoms with Crippen molar-refractivity contribution in [1.82, 2.24) is 10.6 Å². The van der Waals surface area contributed by atoms with Gasteiger partial charge in [0.25, 0.3) is 5.91 Å². The Kier molecular flexibility index (Phi) is 7.12. The minimum atomic E-state index is -1.23. The fourth-order valence-electron chi connectivity index (χ4n) is 2.17. The average Bonchev–Trinajstić information content (AvgIpc) is 2.66. The third-order valence-electron chi connectivity index (χ3n) is 3.36. The smallest absolute Gasteiger partial charge is 0.331 e. The van der Waals surface area contributed by atoms with Crippen LogP contribution < -0.4 is 10.6 Å². The highest BCUT2D eigenvalue weighted by Gasteiger charge is 2.25. The van der Waals surface area contributed by atoms with Gasteiger partial charge in [-0.1, -0.05) is 60.7 Å². The first-order valence-electron chi connectivity index (χ1n) is 8.17. The summed E-state index contributed by atoms with van der Waals surface area (Å²) in [5.74, 6) is -1.41. The second kappa shape index (κ2) is 9.78. The molecule has 6 heteroatoms. The standard InChI is InChI=1S/C20H20N2O4/c1-2-21-20(25)22-19(24)18(16-11-7-4-8-12-16)26-17(23)14-13-15-9-5-3-6-10-15/h3-14,18H,2H2,1H3,(H2,21,22,24,25)/b14-13+. The van der Waals surface area contributed by atoms with E-state index < -0.39 is 24.0 Å². The van der Waals surface area contributed by atoms with Crippen molar-refractivity contribution in [1.29, 1.82) is 0 Å². The number of ether oxygens (including phenoxy) is 1. The quantitative estimate of drug-likeness (QED) is 0.618. The molecule has 2 N–H and O–H groups in total. The zero-order chi connectivity index (χ0) is 18.8. The topological polar surface area (TPSA) is 84.5 Å². The summed E-state index contributed by atoms with van der Waals surface area (Å²) >= 11 is 0. The van der Waals surface area contributed by atoms with Crippen LogP contribution in [0, 0.1) is 0 Å². The van der Waals surface area contributed by atoms with E-state index in [1.807, 2.05) is 30.3 Å². The Bertz CT molecular complexity index is 773. The van der Waals surface area contributed by atoms with Crippen molar-refractivity contribution in [2.24, 2.45) is 0 Å². The van der Waals surface area contributed by atoms with Crippen molar-refractivity contribution in [2.75, 3.05) is 6.54 Å². The van der Waals surface area contributed by atoms with Gasteiger partial charge in [0.2, 0.25) is 6.10 Å². The molecule has 0 spiro atoms. The van der Waals surface area contributed by atoms with Crippen molar-refractivity contribution >= 4 is 24.0 Å². The lowest BCUT2D eigenvalue weighted by atomic mass is 10.1. The van der Waals surface area contributed by atoms with Crippen molar-refractivity contribution in [2.45, 2.75) is 13.0 Å². The lowest BCUT2D eigenvalue weighted by molar-refractivity contribution is -0.151. The highest BCUT2D eigenvalue weighted by atomic mass is 16.5. The van der Waals surface area contributed by atoms with Gasteiger partial charge in [-0.15, -0.1) is 0 Å². The number of carbonyl (C=O) groups is 3. The molecule has 0 aromatic heterocycles. The van der Waals surface area contributed by atoms with Gasteiger partial charge in [-0.3, -0.25) is 10.1 Å². The minimum Gasteiger partial charge on any atom is -0.444 e. The summed E-state index contributed by atoms with van der Waals surface area (Å²) in [5, 5.41) is 4.63. The predicted molar refractivity (Wildman–Crippen MR) is 98.0 cm³/mol. The fraction of sp³-hybridized carbons (Fsp3) is 0.150. The van der Waals surface area contributed by atoms with E-state index in [9.17, 15) is 14.4 Å². The second-order valence-corrected chi connectivity index (χ2v) is 5.32. The molecular weight excluding hydrogens is 332 g/mol. The SMILES string of the molecule is CCNC(=O)NC(=O)C(OC(=O)/C=C/c1ccccc1)c1ccccc1. The molecule has 0 bridgehead atoms. The maximum Gasteiger partial charge on any atom is 0.331 e. The van der Waals surface area contributed by atoms with Gasteiger partial charge in [-0.25, -0.2) is 9.59 Å². The molecule has 0 saturated heterocycles. The maximum atomic E-state index is 12.4. The average molecular weight is 352 g/mol. The Morgan fingerprint density at radius 2 is 1.62 bits per heavy atom. The summed E-state index contributed by atoms with van der Waals surface area (Å²) in [6, 6.07) is 17.1. The van der Waals surface area contributed by atoms with Gasteiger partial charge in [0.05, 0.1) is 0 Å². The van der Waals surface area contributed by atoms with Gasteiger partial charge in [0.1, 0.15) is 0 Å². The van der Waals surface area contributed by atoms with Gasteiger partial charge in [-0.2, -0.15) is 0 Å². The summed E-state index contributed by atoms with van der Waals surface area (Å²) in [7, 11) is 0. The molecule has 0 heterocycles. The zero-order valence-corrected chi connectivity index (χ0v) is 14.3. The number of hydrogen-bond donors (Lipinski definition) is 2. The normalized spacial score (nSPS) is 11.6. The molecule has 0 aliphatic rings. The van der Waals surface area contributed by atoms with Crippen LogP contribution in [-0.4, -0.2) is 24.5 Å². The number of esters is 1. The molecule has 2 rings (SSSR count). The number of carbonyl (C=O) groups excluding carboxylic acids is 3. The third kappa shape index (κ3) is 5.90. The molecule has 2 aromatic rings. The van der Waals surface area contributed by atoms with Crippen LogP contribution in [0.25, 0.3) is 6.08 Å². The van der Waals surface area contributed by atoms with Crippen LogP contribution >= 0.6 is 0 Å². The lowest BCUT2D eigenvalue weighted by Gasteiger charge is -2.16.